The van der Waals surface area contributed by atoms with Crippen LogP contribution in [0.3, 0.4) is 0 Å². The molecular formula is C18H20N4. The summed E-state index contributed by atoms with van der Waals surface area (Å²) in [6.45, 7) is 6.06. The first-order chi connectivity index (χ1) is 10.7. The van der Waals surface area contributed by atoms with Crippen molar-refractivity contribution >= 4 is 17.1 Å². The highest BCUT2D eigenvalue weighted by Gasteiger charge is 2.18. The quantitative estimate of drug-likeness (QED) is 0.865. The summed E-state index contributed by atoms with van der Waals surface area (Å²) in [4.78, 5) is 4.78. The zero-order chi connectivity index (χ0) is 15.5. The van der Waals surface area contributed by atoms with Gasteiger partial charge < -0.3 is 15.5 Å². The first kappa shape index (κ1) is 14.3. The fraction of sp³-hybridized carbons (Fsp3) is 0.278. The van der Waals surface area contributed by atoms with E-state index in [2.05, 4.69) is 28.9 Å². The molecule has 1 saturated heterocycles. The van der Waals surface area contributed by atoms with Crippen LogP contribution in [-0.4, -0.2) is 26.2 Å². The van der Waals surface area contributed by atoms with Crippen molar-refractivity contribution in [3.05, 3.63) is 53.6 Å². The molecule has 0 bridgehead atoms. The highest BCUT2D eigenvalue weighted by atomic mass is 15.3. The molecular weight excluding hydrogens is 272 g/mol. The van der Waals surface area contributed by atoms with Crippen LogP contribution in [0.4, 0.5) is 17.1 Å². The highest BCUT2D eigenvalue weighted by Crippen LogP contribution is 2.25. The molecule has 2 aromatic carbocycles. The number of benzene rings is 2. The molecule has 2 aromatic rings. The van der Waals surface area contributed by atoms with Crippen molar-refractivity contribution in [3.63, 3.8) is 0 Å². The van der Waals surface area contributed by atoms with Gasteiger partial charge in [0, 0.05) is 43.2 Å². The van der Waals surface area contributed by atoms with Crippen LogP contribution in [0.15, 0.2) is 42.5 Å². The van der Waals surface area contributed by atoms with Gasteiger partial charge in [0.2, 0.25) is 0 Å². The molecule has 3 rings (SSSR count). The Morgan fingerprint density at radius 3 is 2.18 bits per heavy atom. The first-order valence-electron chi connectivity index (χ1n) is 7.53. The van der Waals surface area contributed by atoms with Gasteiger partial charge in [-0.05, 0) is 55.0 Å². The van der Waals surface area contributed by atoms with Crippen molar-refractivity contribution in [2.75, 3.05) is 41.7 Å². The molecule has 1 heterocycles. The molecule has 0 amide bonds. The van der Waals surface area contributed by atoms with Crippen molar-refractivity contribution in [1.82, 2.24) is 0 Å². The van der Waals surface area contributed by atoms with Crippen LogP contribution < -0.4 is 15.5 Å². The number of aryl methyl sites for hydroxylation is 1. The monoisotopic (exact) mass is 292 g/mol. The Kier molecular flexibility index (Phi) is 3.88. The maximum Gasteiger partial charge on any atom is 0.0991 e. The third kappa shape index (κ3) is 2.84. The molecule has 0 aromatic heterocycles. The minimum Gasteiger partial charge on any atom is -0.399 e. The SMILES string of the molecule is Cc1cc(N)ccc1N1CCN(c2ccc(C#N)cc2)CC1. The largest absolute Gasteiger partial charge is 0.399 e. The number of nitrogens with two attached hydrogens (primary N) is 1. The number of hydrogen-bond donors (Lipinski definition) is 1. The molecule has 22 heavy (non-hydrogen) atoms. The van der Waals surface area contributed by atoms with Gasteiger partial charge in [0.05, 0.1) is 11.6 Å². The van der Waals surface area contributed by atoms with Crippen LogP contribution >= 0.6 is 0 Å². The number of nitrogens with zero attached hydrogens (tertiary/aromatic N) is 3. The lowest BCUT2D eigenvalue weighted by Crippen LogP contribution is -2.46. The average Bonchev–Trinajstić information content (AvgIpc) is 2.55. The van der Waals surface area contributed by atoms with Gasteiger partial charge in [-0.15, -0.1) is 0 Å². The first-order valence-corrected chi connectivity index (χ1v) is 7.53. The lowest BCUT2D eigenvalue weighted by atomic mass is 10.1. The topological polar surface area (TPSA) is 56.3 Å². The van der Waals surface area contributed by atoms with E-state index in [1.165, 1.54) is 16.9 Å². The molecule has 0 radical (unpaired) electrons. The van der Waals surface area contributed by atoms with E-state index >= 15 is 0 Å². The predicted octanol–water partition coefficient (Wildman–Crippen LogP) is 2.78. The Morgan fingerprint density at radius 1 is 0.955 bits per heavy atom. The van der Waals surface area contributed by atoms with Gasteiger partial charge in [-0.1, -0.05) is 0 Å². The second kappa shape index (κ2) is 5.98. The van der Waals surface area contributed by atoms with E-state index in [1.54, 1.807) is 0 Å². The van der Waals surface area contributed by atoms with Gasteiger partial charge in [0.1, 0.15) is 0 Å². The second-order valence-electron chi connectivity index (χ2n) is 5.68. The van der Waals surface area contributed by atoms with E-state index in [0.717, 1.165) is 31.9 Å². The van der Waals surface area contributed by atoms with E-state index in [1.807, 2.05) is 36.4 Å². The number of piperazine rings is 1. The normalized spacial score (nSPS) is 14.7. The summed E-state index contributed by atoms with van der Waals surface area (Å²) in [6.07, 6.45) is 0. The van der Waals surface area contributed by atoms with Gasteiger partial charge in [-0.2, -0.15) is 5.26 Å². The summed E-state index contributed by atoms with van der Waals surface area (Å²) < 4.78 is 0. The average molecular weight is 292 g/mol. The fourth-order valence-corrected chi connectivity index (χ4v) is 2.99. The minimum atomic E-state index is 0.708. The van der Waals surface area contributed by atoms with E-state index in [-0.39, 0.29) is 0 Å². The zero-order valence-corrected chi connectivity index (χ0v) is 12.8. The number of nitrogen functional groups attached to an aromatic ring is 1. The van der Waals surface area contributed by atoms with Gasteiger partial charge in [-0.3, -0.25) is 0 Å². The molecule has 0 unspecified atom stereocenters. The van der Waals surface area contributed by atoms with E-state index in [0.29, 0.717) is 5.56 Å². The Hall–Kier alpha value is -2.67. The van der Waals surface area contributed by atoms with Crippen molar-refractivity contribution in [2.24, 2.45) is 0 Å². The lowest BCUT2D eigenvalue weighted by molar-refractivity contribution is 0.652. The smallest absolute Gasteiger partial charge is 0.0991 e. The maximum absolute atomic E-state index is 8.87. The number of hydrogen-bond acceptors (Lipinski definition) is 4. The van der Waals surface area contributed by atoms with Crippen molar-refractivity contribution in [2.45, 2.75) is 6.92 Å². The summed E-state index contributed by atoms with van der Waals surface area (Å²) >= 11 is 0. The van der Waals surface area contributed by atoms with E-state index in [9.17, 15) is 0 Å². The molecule has 4 heteroatoms. The summed E-state index contributed by atoms with van der Waals surface area (Å²) in [5.74, 6) is 0. The van der Waals surface area contributed by atoms with Gasteiger partial charge >= 0.3 is 0 Å². The predicted molar refractivity (Wildman–Crippen MR) is 91.2 cm³/mol. The Balaban J connectivity index is 1.68. The molecule has 112 valence electrons. The van der Waals surface area contributed by atoms with Gasteiger partial charge in [0.15, 0.2) is 0 Å². The van der Waals surface area contributed by atoms with E-state index < -0.39 is 0 Å². The summed E-state index contributed by atoms with van der Waals surface area (Å²) in [5.41, 5.74) is 11.0. The highest BCUT2D eigenvalue weighted by molar-refractivity contribution is 5.60. The van der Waals surface area contributed by atoms with Crippen molar-refractivity contribution in [3.8, 4) is 6.07 Å². The number of nitriles is 1. The van der Waals surface area contributed by atoms with Crippen LogP contribution in [-0.2, 0) is 0 Å². The molecule has 0 aliphatic carbocycles. The molecule has 0 spiro atoms. The molecule has 2 N–H and O–H groups in total. The Bertz CT molecular complexity index is 692. The third-order valence-electron chi connectivity index (χ3n) is 4.20. The van der Waals surface area contributed by atoms with Crippen LogP contribution in [0.5, 0.6) is 0 Å². The molecule has 1 fully saturated rings. The summed E-state index contributed by atoms with van der Waals surface area (Å²) in [6, 6.07) is 16.1. The van der Waals surface area contributed by atoms with Crippen molar-refractivity contribution in [1.29, 1.82) is 5.26 Å². The number of rotatable bonds is 2. The molecule has 0 atom stereocenters. The van der Waals surface area contributed by atoms with Gasteiger partial charge in [0.25, 0.3) is 0 Å². The summed E-state index contributed by atoms with van der Waals surface area (Å²) in [5, 5.41) is 8.87. The van der Waals surface area contributed by atoms with Crippen LogP contribution in [0.25, 0.3) is 0 Å². The van der Waals surface area contributed by atoms with Crippen LogP contribution in [0, 0.1) is 18.3 Å². The molecule has 1 aliphatic heterocycles. The van der Waals surface area contributed by atoms with Crippen LogP contribution in [0.2, 0.25) is 0 Å². The Morgan fingerprint density at radius 2 is 1.59 bits per heavy atom. The lowest BCUT2D eigenvalue weighted by Gasteiger charge is -2.38. The molecule has 1 aliphatic rings. The standard InChI is InChI=1S/C18H20N4/c1-14-12-16(20)4-7-18(14)22-10-8-21(9-11-22)17-5-2-15(13-19)3-6-17/h2-7,12H,8-11,20H2,1H3. The van der Waals surface area contributed by atoms with Crippen molar-refractivity contribution < 1.29 is 0 Å². The summed E-state index contributed by atoms with van der Waals surface area (Å²) in [7, 11) is 0. The zero-order valence-electron chi connectivity index (χ0n) is 12.8. The number of anilines is 3. The molecule has 0 saturated carbocycles. The third-order valence-corrected chi connectivity index (χ3v) is 4.20. The molecule has 4 nitrogen and oxygen atoms in total. The minimum absolute atomic E-state index is 0.708. The fourth-order valence-electron chi connectivity index (χ4n) is 2.99. The maximum atomic E-state index is 8.87. The van der Waals surface area contributed by atoms with Gasteiger partial charge in [-0.25, -0.2) is 0 Å². The van der Waals surface area contributed by atoms with Crippen LogP contribution in [0.1, 0.15) is 11.1 Å². The van der Waals surface area contributed by atoms with E-state index in [4.69, 9.17) is 11.0 Å². The Labute approximate surface area is 131 Å². The second-order valence-corrected chi connectivity index (χ2v) is 5.68.